The summed E-state index contributed by atoms with van der Waals surface area (Å²) in [7, 11) is 2.87. The summed E-state index contributed by atoms with van der Waals surface area (Å²) >= 11 is 0. The third kappa shape index (κ3) is 2.63. The number of aromatic carboxylic acids is 1. The molecule has 0 bridgehead atoms. The summed E-state index contributed by atoms with van der Waals surface area (Å²) in [4.78, 5) is 23.3. The molecule has 0 amide bonds. The van der Waals surface area contributed by atoms with Crippen LogP contribution in [0.4, 0.5) is 8.78 Å². The van der Waals surface area contributed by atoms with E-state index in [1.807, 2.05) is 0 Å². The summed E-state index contributed by atoms with van der Waals surface area (Å²) in [6, 6.07) is 6.98. The van der Waals surface area contributed by atoms with E-state index in [1.54, 1.807) is 12.1 Å². The Kier molecular flexibility index (Phi) is 4.00. The molecule has 25 heavy (non-hydrogen) atoms. The quantitative estimate of drug-likeness (QED) is 0.792. The SMILES string of the molecule is COc1ccc(-c2c(F)cc3c(=O)c(C(=O)O)cn(C)c3c2F)cc1. The Morgan fingerprint density at radius 2 is 1.84 bits per heavy atom. The van der Waals surface area contributed by atoms with Crippen LogP contribution in [-0.4, -0.2) is 22.8 Å². The predicted molar refractivity (Wildman–Crippen MR) is 88.1 cm³/mol. The Labute approximate surface area is 140 Å². The molecule has 0 unspecified atom stereocenters. The summed E-state index contributed by atoms with van der Waals surface area (Å²) in [6.07, 6.45) is 1.02. The molecule has 0 fully saturated rings. The zero-order valence-electron chi connectivity index (χ0n) is 13.3. The first-order valence-electron chi connectivity index (χ1n) is 7.24. The molecule has 0 spiro atoms. The van der Waals surface area contributed by atoms with Crippen LogP contribution in [0, 0.1) is 11.6 Å². The van der Waals surface area contributed by atoms with E-state index < -0.39 is 28.6 Å². The van der Waals surface area contributed by atoms with Gasteiger partial charge in [0.05, 0.1) is 23.6 Å². The van der Waals surface area contributed by atoms with Crippen molar-refractivity contribution in [1.82, 2.24) is 4.57 Å². The maximum atomic E-state index is 15.0. The van der Waals surface area contributed by atoms with Crippen LogP contribution in [0.15, 0.2) is 41.3 Å². The molecule has 0 aliphatic carbocycles. The van der Waals surface area contributed by atoms with E-state index in [1.165, 1.54) is 30.9 Å². The fraction of sp³-hybridized carbons (Fsp3) is 0.111. The monoisotopic (exact) mass is 345 g/mol. The number of nitrogens with zero attached hydrogens (tertiary/aromatic N) is 1. The van der Waals surface area contributed by atoms with E-state index in [9.17, 15) is 18.4 Å². The van der Waals surface area contributed by atoms with Crippen molar-refractivity contribution in [3.8, 4) is 16.9 Å². The zero-order chi connectivity index (χ0) is 18.3. The number of rotatable bonds is 3. The van der Waals surface area contributed by atoms with Crippen LogP contribution in [0.1, 0.15) is 10.4 Å². The van der Waals surface area contributed by atoms with Gasteiger partial charge in [0.2, 0.25) is 5.43 Å². The van der Waals surface area contributed by atoms with Crippen molar-refractivity contribution in [3.05, 3.63) is 63.9 Å². The maximum absolute atomic E-state index is 15.0. The molecule has 1 heterocycles. The van der Waals surface area contributed by atoms with Gasteiger partial charge in [-0.05, 0) is 23.8 Å². The third-order valence-electron chi connectivity index (χ3n) is 3.97. The topological polar surface area (TPSA) is 68.5 Å². The van der Waals surface area contributed by atoms with Crippen LogP contribution < -0.4 is 10.2 Å². The Balaban J connectivity index is 2.36. The number of carboxylic acids is 1. The first-order chi connectivity index (χ1) is 11.8. The number of pyridine rings is 1. The molecule has 0 aliphatic heterocycles. The fourth-order valence-electron chi connectivity index (χ4n) is 2.76. The molecule has 3 aromatic rings. The Morgan fingerprint density at radius 1 is 1.20 bits per heavy atom. The minimum atomic E-state index is -1.46. The van der Waals surface area contributed by atoms with Gasteiger partial charge in [0.1, 0.15) is 17.1 Å². The molecular weight excluding hydrogens is 332 g/mol. The van der Waals surface area contributed by atoms with Crippen molar-refractivity contribution in [2.24, 2.45) is 7.05 Å². The van der Waals surface area contributed by atoms with Crippen molar-refractivity contribution in [3.63, 3.8) is 0 Å². The standard InChI is InChI=1S/C18H13F2NO4/c1-21-8-12(18(23)24)17(22)11-7-13(19)14(15(20)16(11)21)9-3-5-10(25-2)6-4-9/h3-8H,1-2H3,(H,23,24). The van der Waals surface area contributed by atoms with E-state index >= 15 is 0 Å². The average molecular weight is 345 g/mol. The van der Waals surface area contributed by atoms with Crippen LogP contribution in [0.5, 0.6) is 5.75 Å². The molecule has 0 aliphatic rings. The van der Waals surface area contributed by atoms with Gasteiger partial charge in [-0.25, -0.2) is 13.6 Å². The van der Waals surface area contributed by atoms with Gasteiger partial charge in [-0.3, -0.25) is 4.79 Å². The molecule has 1 N–H and O–H groups in total. The molecule has 7 heteroatoms. The van der Waals surface area contributed by atoms with Gasteiger partial charge < -0.3 is 14.4 Å². The molecule has 2 aromatic carbocycles. The van der Waals surface area contributed by atoms with Gasteiger partial charge in [-0.1, -0.05) is 12.1 Å². The van der Waals surface area contributed by atoms with Crippen molar-refractivity contribution in [2.75, 3.05) is 7.11 Å². The number of ether oxygens (including phenoxy) is 1. The second-order valence-electron chi connectivity index (χ2n) is 5.46. The van der Waals surface area contributed by atoms with E-state index in [2.05, 4.69) is 0 Å². The Morgan fingerprint density at radius 3 is 2.40 bits per heavy atom. The van der Waals surface area contributed by atoms with E-state index in [0.717, 1.165) is 12.3 Å². The molecular formula is C18H13F2NO4. The van der Waals surface area contributed by atoms with Gasteiger partial charge in [0.15, 0.2) is 5.82 Å². The van der Waals surface area contributed by atoms with Gasteiger partial charge in [-0.15, -0.1) is 0 Å². The Bertz CT molecular complexity index is 1060. The molecule has 3 rings (SSSR count). The lowest BCUT2D eigenvalue weighted by Crippen LogP contribution is -2.19. The number of carboxylic acid groups (broad SMARTS) is 1. The lowest BCUT2D eigenvalue weighted by molar-refractivity contribution is 0.0695. The van der Waals surface area contributed by atoms with Gasteiger partial charge in [-0.2, -0.15) is 0 Å². The summed E-state index contributed by atoms with van der Waals surface area (Å²) in [6.45, 7) is 0. The minimum Gasteiger partial charge on any atom is -0.497 e. The second kappa shape index (κ2) is 6.01. The van der Waals surface area contributed by atoms with Crippen LogP contribution in [0.25, 0.3) is 22.0 Å². The predicted octanol–water partition coefficient (Wildman–Crippen LogP) is 3.19. The number of aryl methyl sites for hydroxylation is 1. The van der Waals surface area contributed by atoms with Crippen molar-refractivity contribution < 1.29 is 23.4 Å². The summed E-state index contributed by atoms with van der Waals surface area (Å²) in [5, 5.41) is 8.73. The number of hydrogen-bond acceptors (Lipinski definition) is 3. The van der Waals surface area contributed by atoms with Crippen LogP contribution >= 0.6 is 0 Å². The molecule has 5 nitrogen and oxygen atoms in total. The molecule has 0 saturated heterocycles. The summed E-state index contributed by atoms with van der Waals surface area (Å²) < 4.78 is 35.7. The fourth-order valence-corrected chi connectivity index (χ4v) is 2.76. The number of carbonyl (C=O) groups is 1. The number of benzene rings is 2. The first-order valence-corrected chi connectivity index (χ1v) is 7.24. The zero-order valence-corrected chi connectivity index (χ0v) is 13.3. The van der Waals surface area contributed by atoms with Crippen molar-refractivity contribution in [1.29, 1.82) is 0 Å². The smallest absolute Gasteiger partial charge is 0.341 e. The lowest BCUT2D eigenvalue weighted by atomic mass is 10.0. The van der Waals surface area contributed by atoms with E-state index in [4.69, 9.17) is 9.84 Å². The van der Waals surface area contributed by atoms with E-state index in [0.29, 0.717) is 5.75 Å². The van der Waals surface area contributed by atoms with Crippen LogP contribution in [-0.2, 0) is 7.05 Å². The van der Waals surface area contributed by atoms with E-state index in [-0.39, 0.29) is 22.0 Å². The number of hydrogen-bond donors (Lipinski definition) is 1. The van der Waals surface area contributed by atoms with Gasteiger partial charge in [0, 0.05) is 13.2 Å². The summed E-state index contributed by atoms with van der Waals surface area (Å²) in [5.74, 6) is -2.81. The van der Waals surface area contributed by atoms with Crippen LogP contribution in [0.3, 0.4) is 0 Å². The first kappa shape index (κ1) is 16.6. The highest BCUT2D eigenvalue weighted by Crippen LogP contribution is 2.31. The molecule has 0 atom stereocenters. The number of methoxy groups -OCH3 is 1. The highest BCUT2D eigenvalue weighted by atomic mass is 19.1. The Hall–Kier alpha value is -3.22. The molecule has 0 saturated carbocycles. The van der Waals surface area contributed by atoms with Gasteiger partial charge in [0.25, 0.3) is 0 Å². The molecule has 128 valence electrons. The highest BCUT2D eigenvalue weighted by molar-refractivity contribution is 5.94. The third-order valence-corrected chi connectivity index (χ3v) is 3.97. The van der Waals surface area contributed by atoms with Gasteiger partial charge >= 0.3 is 5.97 Å². The van der Waals surface area contributed by atoms with Crippen molar-refractivity contribution in [2.45, 2.75) is 0 Å². The lowest BCUT2D eigenvalue weighted by Gasteiger charge is -2.13. The number of fused-ring (bicyclic) bond motifs is 1. The highest BCUT2D eigenvalue weighted by Gasteiger charge is 2.21. The molecule has 0 radical (unpaired) electrons. The second-order valence-corrected chi connectivity index (χ2v) is 5.46. The summed E-state index contributed by atoms with van der Waals surface area (Å²) in [5.41, 5.74) is -1.67. The number of aromatic nitrogens is 1. The average Bonchev–Trinajstić information content (AvgIpc) is 2.58. The maximum Gasteiger partial charge on any atom is 0.341 e. The largest absolute Gasteiger partial charge is 0.497 e. The minimum absolute atomic E-state index is 0.165. The normalized spacial score (nSPS) is 10.9. The van der Waals surface area contributed by atoms with Crippen LogP contribution in [0.2, 0.25) is 0 Å². The number of halogens is 2. The van der Waals surface area contributed by atoms with Crippen molar-refractivity contribution >= 4 is 16.9 Å². The molecule has 1 aromatic heterocycles.